The molecule has 0 spiro atoms. The third kappa shape index (κ3) is 3.92. The molecule has 7 nitrogen and oxygen atoms in total. The lowest BCUT2D eigenvalue weighted by atomic mass is 10.2. The van der Waals surface area contributed by atoms with Crippen LogP contribution in [0.5, 0.6) is 0 Å². The Morgan fingerprint density at radius 1 is 1.27 bits per heavy atom. The fourth-order valence-corrected chi connectivity index (χ4v) is 3.59. The molecule has 0 saturated carbocycles. The number of hydrogen-bond donors (Lipinski definition) is 2. The summed E-state index contributed by atoms with van der Waals surface area (Å²) in [6, 6.07) is 9.64. The molecule has 2 aromatic heterocycles. The first kappa shape index (κ1) is 18.1. The summed E-state index contributed by atoms with van der Waals surface area (Å²) in [4.78, 5) is 32.8. The minimum Gasteiger partial charge on any atom is -0.459 e. The van der Waals surface area contributed by atoms with E-state index in [0.29, 0.717) is 39.6 Å². The number of rotatable bonds is 7. The predicted octanol–water partition coefficient (Wildman–Crippen LogP) is 2.71. The molecular weight excluding hydrogens is 354 g/mol. The minimum absolute atomic E-state index is 0.166. The lowest BCUT2D eigenvalue weighted by Crippen LogP contribution is -2.14. The van der Waals surface area contributed by atoms with Crippen molar-refractivity contribution in [2.75, 3.05) is 25.6 Å². The highest BCUT2D eigenvalue weighted by Crippen LogP contribution is 2.27. The fraction of sp³-hybridized carbons (Fsp3) is 0.278. The number of anilines is 1. The van der Waals surface area contributed by atoms with E-state index in [-0.39, 0.29) is 12.2 Å². The maximum Gasteiger partial charge on any atom is 0.348 e. The van der Waals surface area contributed by atoms with E-state index < -0.39 is 5.97 Å². The lowest BCUT2D eigenvalue weighted by Gasteiger charge is -2.05. The molecule has 3 rings (SSSR count). The van der Waals surface area contributed by atoms with Gasteiger partial charge in [-0.15, -0.1) is 11.3 Å². The van der Waals surface area contributed by atoms with Crippen LogP contribution < -0.4 is 10.9 Å². The number of para-hydroxylation sites is 1. The number of fused-ring (bicyclic) bond motifs is 1. The van der Waals surface area contributed by atoms with E-state index in [1.54, 1.807) is 6.92 Å². The molecule has 0 amide bonds. The first-order chi connectivity index (χ1) is 12.6. The van der Waals surface area contributed by atoms with Gasteiger partial charge in [-0.25, -0.2) is 9.78 Å². The van der Waals surface area contributed by atoms with Crippen molar-refractivity contribution in [2.24, 2.45) is 0 Å². The molecule has 0 bridgehead atoms. The number of carbonyl (C=O) groups excluding carboxylic acids is 1. The van der Waals surface area contributed by atoms with Crippen LogP contribution in [0.3, 0.4) is 0 Å². The summed E-state index contributed by atoms with van der Waals surface area (Å²) in [5.74, 6) is 0.0396. The molecule has 1 aromatic carbocycles. The van der Waals surface area contributed by atoms with Crippen LogP contribution in [0.2, 0.25) is 0 Å². The van der Waals surface area contributed by atoms with Gasteiger partial charge in [0.05, 0.1) is 18.5 Å². The molecule has 136 valence electrons. The molecule has 0 aliphatic carbocycles. The molecule has 3 aromatic rings. The topological polar surface area (TPSA) is 93.3 Å². The summed E-state index contributed by atoms with van der Waals surface area (Å²) < 4.78 is 10.0. The molecule has 2 N–H and O–H groups in total. The lowest BCUT2D eigenvalue weighted by molar-refractivity contribution is 0.0393. The number of hydrogen-bond acceptors (Lipinski definition) is 7. The van der Waals surface area contributed by atoms with Crippen LogP contribution in [0.1, 0.15) is 21.1 Å². The monoisotopic (exact) mass is 373 g/mol. The number of ether oxygens (including phenoxy) is 2. The number of aromatic amines is 1. The van der Waals surface area contributed by atoms with E-state index in [9.17, 15) is 9.59 Å². The number of esters is 1. The van der Waals surface area contributed by atoms with Gasteiger partial charge in [0.15, 0.2) is 0 Å². The van der Waals surface area contributed by atoms with Crippen LogP contribution in [0.4, 0.5) is 5.69 Å². The zero-order chi connectivity index (χ0) is 18.5. The number of nitrogens with one attached hydrogen (secondary N) is 2. The number of nitrogens with zero attached hydrogens (tertiary/aromatic N) is 1. The van der Waals surface area contributed by atoms with Gasteiger partial charge in [0.1, 0.15) is 22.1 Å². The first-order valence-corrected chi connectivity index (χ1v) is 8.89. The van der Waals surface area contributed by atoms with Gasteiger partial charge in [-0.3, -0.25) is 4.79 Å². The van der Waals surface area contributed by atoms with E-state index in [1.165, 1.54) is 18.4 Å². The van der Waals surface area contributed by atoms with Crippen molar-refractivity contribution in [3.05, 3.63) is 57.0 Å². The molecule has 0 radical (unpaired) electrons. The van der Waals surface area contributed by atoms with Crippen LogP contribution in [0.15, 0.2) is 35.1 Å². The van der Waals surface area contributed by atoms with Crippen molar-refractivity contribution >= 4 is 33.2 Å². The zero-order valence-corrected chi connectivity index (χ0v) is 15.3. The Balaban J connectivity index is 1.84. The highest BCUT2D eigenvalue weighted by molar-refractivity contribution is 7.20. The SMILES string of the molecule is COCCOC(=O)c1sc2nc(CNc3ccccc3)[nH]c(=O)c2c1C. The summed E-state index contributed by atoms with van der Waals surface area (Å²) >= 11 is 1.17. The second kappa shape index (κ2) is 8.11. The number of benzene rings is 1. The molecule has 0 fully saturated rings. The molecule has 0 aliphatic heterocycles. The summed E-state index contributed by atoms with van der Waals surface area (Å²) in [5.41, 5.74) is 1.26. The van der Waals surface area contributed by atoms with Crippen molar-refractivity contribution in [2.45, 2.75) is 13.5 Å². The van der Waals surface area contributed by atoms with E-state index in [2.05, 4.69) is 15.3 Å². The first-order valence-electron chi connectivity index (χ1n) is 8.07. The third-order valence-corrected chi connectivity index (χ3v) is 4.96. The molecule has 0 aliphatic rings. The van der Waals surface area contributed by atoms with Crippen LogP contribution in [-0.2, 0) is 16.0 Å². The van der Waals surface area contributed by atoms with Crippen molar-refractivity contribution in [3.63, 3.8) is 0 Å². The molecule has 0 saturated heterocycles. The number of thiophene rings is 1. The van der Waals surface area contributed by atoms with E-state index >= 15 is 0 Å². The van der Waals surface area contributed by atoms with E-state index in [0.717, 1.165) is 5.69 Å². The average Bonchev–Trinajstić information content (AvgIpc) is 2.98. The number of aryl methyl sites for hydroxylation is 1. The largest absolute Gasteiger partial charge is 0.459 e. The van der Waals surface area contributed by atoms with E-state index in [4.69, 9.17) is 9.47 Å². The normalized spacial score (nSPS) is 10.8. The van der Waals surface area contributed by atoms with Crippen molar-refractivity contribution < 1.29 is 14.3 Å². The fourth-order valence-electron chi connectivity index (χ4n) is 2.49. The third-order valence-electron chi connectivity index (χ3n) is 3.79. The molecule has 0 atom stereocenters. The smallest absolute Gasteiger partial charge is 0.348 e. The van der Waals surface area contributed by atoms with Gasteiger partial charge in [-0.1, -0.05) is 18.2 Å². The minimum atomic E-state index is -0.467. The number of aromatic nitrogens is 2. The van der Waals surface area contributed by atoms with E-state index in [1.807, 2.05) is 30.3 Å². The van der Waals surface area contributed by atoms with Crippen molar-refractivity contribution in [1.29, 1.82) is 0 Å². The summed E-state index contributed by atoms with van der Waals surface area (Å²) in [7, 11) is 1.53. The Labute approximate surface area is 154 Å². The zero-order valence-electron chi connectivity index (χ0n) is 14.5. The summed E-state index contributed by atoms with van der Waals surface area (Å²) in [6.45, 7) is 2.59. The second-order valence-corrected chi connectivity index (χ2v) is 6.60. The number of carbonyl (C=O) groups is 1. The molecule has 26 heavy (non-hydrogen) atoms. The molecule has 2 heterocycles. The van der Waals surface area contributed by atoms with Gasteiger partial charge in [-0.2, -0.15) is 0 Å². The molecule has 0 unspecified atom stereocenters. The van der Waals surface area contributed by atoms with Gasteiger partial charge in [0.25, 0.3) is 5.56 Å². The van der Waals surface area contributed by atoms with Crippen LogP contribution in [0, 0.1) is 6.92 Å². The van der Waals surface area contributed by atoms with Crippen LogP contribution >= 0.6 is 11.3 Å². The Bertz CT molecular complexity index is 966. The standard InChI is InChI=1S/C18H19N3O4S/c1-11-14-16(22)20-13(10-19-12-6-4-3-5-7-12)21-17(14)26-15(11)18(23)25-9-8-24-2/h3-7,19H,8-10H2,1-2H3,(H,20,21,22). The van der Waals surface area contributed by atoms with Gasteiger partial charge in [0, 0.05) is 12.8 Å². The average molecular weight is 373 g/mol. The molecular formula is C18H19N3O4S. The molecule has 8 heteroatoms. The summed E-state index contributed by atoms with van der Waals surface area (Å²) in [6.07, 6.45) is 0. The van der Waals surface area contributed by atoms with Gasteiger partial charge >= 0.3 is 5.97 Å². The number of methoxy groups -OCH3 is 1. The quantitative estimate of drug-likeness (QED) is 0.489. The maximum absolute atomic E-state index is 12.4. The number of H-pyrrole nitrogens is 1. The van der Waals surface area contributed by atoms with Gasteiger partial charge < -0.3 is 19.8 Å². The second-order valence-electron chi connectivity index (χ2n) is 5.60. The van der Waals surface area contributed by atoms with Crippen molar-refractivity contribution in [3.8, 4) is 0 Å². The van der Waals surface area contributed by atoms with Crippen LogP contribution in [-0.4, -0.2) is 36.3 Å². The Morgan fingerprint density at radius 2 is 2.04 bits per heavy atom. The Hall–Kier alpha value is -2.71. The van der Waals surface area contributed by atoms with Crippen molar-refractivity contribution in [1.82, 2.24) is 9.97 Å². The Kier molecular flexibility index (Phi) is 5.65. The predicted molar refractivity (Wildman–Crippen MR) is 101 cm³/mol. The van der Waals surface area contributed by atoms with Gasteiger partial charge in [0.2, 0.25) is 0 Å². The highest BCUT2D eigenvalue weighted by Gasteiger charge is 2.20. The maximum atomic E-state index is 12.4. The summed E-state index contributed by atoms with van der Waals surface area (Å²) in [5, 5.41) is 3.63. The highest BCUT2D eigenvalue weighted by atomic mass is 32.1. The van der Waals surface area contributed by atoms with Gasteiger partial charge in [-0.05, 0) is 24.6 Å². The van der Waals surface area contributed by atoms with Crippen LogP contribution in [0.25, 0.3) is 10.2 Å². The Morgan fingerprint density at radius 3 is 2.77 bits per heavy atom.